The first-order valence-corrected chi connectivity index (χ1v) is 6.63. The van der Waals surface area contributed by atoms with Gasteiger partial charge in [0.05, 0.1) is 5.69 Å². The van der Waals surface area contributed by atoms with Crippen LogP contribution < -0.4 is 5.32 Å². The van der Waals surface area contributed by atoms with Gasteiger partial charge < -0.3 is 10.4 Å². The van der Waals surface area contributed by atoms with Gasteiger partial charge in [-0.2, -0.15) is 4.68 Å². The highest BCUT2D eigenvalue weighted by atomic mass is 16.4. The van der Waals surface area contributed by atoms with Gasteiger partial charge in [-0.05, 0) is 25.5 Å². The SMILES string of the molecule is CCCCNc1c(C(=O)O)nnn1-c1ccc(C)cc1. The lowest BCUT2D eigenvalue weighted by atomic mass is 10.2. The molecule has 0 amide bonds. The summed E-state index contributed by atoms with van der Waals surface area (Å²) in [6, 6.07) is 7.68. The molecule has 20 heavy (non-hydrogen) atoms. The number of hydrogen-bond acceptors (Lipinski definition) is 4. The first kappa shape index (κ1) is 14.0. The Balaban J connectivity index is 2.36. The van der Waals surface area contributed by atoms with Crippen molar-refractivity contribution in [2.24, 2.45) is 0 Å². The number of carbonyl (C=O) groups is 1. The molecule has 6 nitrogen and oxygen atoms in total. The summed E-state index contributed by atoms with van der Waals surface area (Å²) >= 11 is 0. The summed E-state index contributed by atoms with van der Waals surface area (Å²) in [6.45, 7) is 4.76. The molecule has 6 heteroatoms. The molecule has 0 atom stereocenters. The topological polar surface area (TPSA) is 80.0 Å². The van der Waals surface area contributed by atoms with Crippen molar-refractivity contribution in [1.29, 1.82) is 0 Å². The molecule has 0 aliphatic carbocycles. The number of hydrogen-bond donors (Lipinski definition) is 2. The van der Waals surface area contributed by atoms with E-state index in [2.05, 4.69) is 22.6 Å². The number of nitrogens with one attached hydrogen (secondary N) is 1. The molecule has 0 fully saturated rings. The van der Waals surface area contributed by atoms with Gasteiger partial charge in [-0.15, -0.1) is 5.10 Å². The molecule has 0 radical (unpaired) electrons. The zero-order valence-corrected chi connectivity index (χ0v) is 11.6. The first-order valence-electron chi connectivity index (χ1n) is 6.63. The van der Waals surface area contributed by atoms with Crippen LogP contribution in [0.15, 0.2) is 24.3 Å². The highest BCUT2D eigenvalue weighted by Crippen LogP contribution is 2.18. The number of nitrogens with zero attached hydrogens (tertiary/aromatic N) is 3. The summed E-state index contributed by atoms with van der Waals surface area (Å²) < 4.78 is 1.53. The fraction of sp³-hybridized carbons (Fsp3) is 0.357. The normalized spacial score (nSPS) is 10.5. The molecule has 0 aliphatic rings. The Labute approximate surface area is 117 Å². The van der Waals surface area contributed by atoms with Gasteiger partial charge in [0.25, 0.3) is 0 Å². The van der Waals surface area contributed by atoms with Crippen molar-refractivity contribution in [3.05, 3.63) is 35.5 Å². The fourth-order valence-corrected chi connectivity index (χ4v) is 1.83. The maximum atomic E-state index is 11.2. The predicted octanol–water partition coefficient (Wildman–Crippen LogP) is 2.49. The largest absolute Gasteiger partial charge is 0.476 e. The summed E-state index contributed by atoms with van der Waals surface area (Å²) in [7, 11) is 0. The van der Waals surface area contributed by atoms with Gasteiger partial charge in [-0.25, -0.2) is 4.79 Å². The van der Waals surface area contributed by atoms with Crippen molar-refractivity contribution in [3.8, 4) is 5.69 Å². The van der Waals surface area contributed by atoms with E-state index in [1.807, 2.05) is 31.2 Å². The number of rotatable bonds is 6. The van der Waals surface area contributed by atoms with Crippen LogP contribution in [0.25, 0.3) is 5.69 Å². The average Bonchev–Trinajstić information content (AvgIpc) is 2.84. The van der Waals surface area contributed by atoms with Crippen LogP contribution in [0.3, 0.4) is 0 Å². The van der Waals surface area contributed by atoms with E-state index in [4.69, 9.17) is 0 Å². The van der Waals surface area contributed by atoms with Crippen molar-refractivity contribution in [1.82, 2.24) is 15.0 Å². The van der Waals surface area contributed by atoms with Crippen LogP contribution in [0.5, 0.6) is 0 Å². The van der Waals surface area contributed by atoms with Gasteiger partial charge in [0.1, 0.15) is 0 Å². The van der Waals surface area contributed by atoms with E-state index >= 15 is 0 Å². The standard InChI is InChI=1S/C14H18N4O2/c1-3-4-9-15-13-12(14(19)20)16-17-18(13)11-7-5-10(2)6-8-11/h5-8,15H,3-4,9H2,1-2H3,(H,19,20). The monoisotopic (exact) mass is 274 g/mol. The smallest absolute Gasteiger partial charge is 0.360 e. The second kappa shape index (κ2) is 6.18. The van der Waals surface area contributed by atoms with E-state index in [0.29, 0.717) is 12.4 Å². The molecule has 0 saturated heterocycles. The van der Waals surface area contributed by atoms with E-state index in [9.17, 15) is 9.90 Å². The zero-order valence-electron chi connectivity index (χ0n) is 11.6. The van der Waals surface area contributed by atoms with Crippen LogP contribution in [-0.2, 0) is 0 Å². The summed E-state index contributed by atoms with van der Waals surface area (Å²) in [5, 5.41) is 20.0. The third-order valence-electron chi connectivity index (χ3n) is 2.97. The fourth-order valence-electron chi connectivity index (χ4n) is 1.83. The Morgan fingerprint density at radius 2 is 2.05 bits per heavy atom. The molecular weight excluding hydrogens is 256 g/mol. The zero-order chi connectivity index (χ0) is 14.5. The van der Waals surface area contributed by atoms with Gasteiger partial charge >= 0.3 is 5.97 Å². The Bertz CT molecular complexity index is 590. The number of carboxylic acid groups (broad SMARTS) is 1. The third-order valence-corrected chi connectivity index (χ3v) is 2.97. The third kappa shape index (κ3) is 2.96. The highest BCUT2D eigenvalue weighted by molar-refractivity contribution is 5.91. The Morgan fingerprint density at radius 3 is 2.65 bits per heavy atom. The van der Waals surface area contributed by atoms with E-state index < -0.39 is 5.97 Å². The van der Waals surface area contributed by atoms with Gasteiger partial charge in [0, 0.05) is 6.54 Å². The Morgan fingerprint density at radius 1 is 1.35 bits per heavy atom. The van der Waals surface area contributed by atoms with Gasteiger partial charge in [0.2, 0.25) is 5.69 Å². The molecule has 1 aromatic carbocycles. The number of aromatic carboxylic acids is 1. The molecule has 1 heterocycles. The van der Waals surface area contributed by atoms with Crippen molar-refractivity contribution in [2.75, 3.05) is 11.9 Å². The Kier molecular flexibility index (Phi) is 4.34. The lowest BCUT2D eigenvalue weighted by Crippen LogP contribution is -2.11. The van der Waals surface area contributed by atoms with Crippen LogP contribution in [-0.4, -0.2) is 32.6 Å². The number of aromatic nitrogens is 3. The number of aryl methyl sites for hydroxylation is 1. The Hall–Kier alpha value is -2.37. The minimum Gasteiger partial charge on any atom is -0.476 e. The van der Waals surface area contributed by atoms with E-state index in [1.165, 1.54) is 4.68 Å². The van der Waals surface area contributed by atoms with Crippen molar-refractivity contribution in [2.45, 2.75) is 26.7 Å². The molecule has 106 valence electrons. The van der Waals surface area contributed by atoms with Crippen LogP contribution >= 0.6 is 0 Å². The molecule has 2 rings (SSSR count). The lowest BCUT2D eigenvalue weighted by Gasteiger charge is -2.09. The maximum absolute atomic E-state index is 11.2. The molecule has 0 spiro atoms. The van der Waals surface area contributed by atoms with Gasteiger partial charge in [-0.3, -0.25) is 0 Å². The number of unbranched alkanes of at least 4 members (excludes halogenated alkanes) is 1. The second-order valence-electron chi connectivity index (χ2n) is 4.62. The lowest BCUT2D eigenvalue weighted by molar-refractivity contribution is 0.0691. The molecule has 2 N–H and O–H groups in total. The van der Waals surface area contributed by atoms with E-state index in [1.54, 1.807) is 0 Å². The minimum atomic E-state index is -1.08. The quantitative estimate of drug-likeness (QED) is 0.791. The number of carboxylic acids is 1. The van der Waals surface area contributed by atoms with Crippen LogP contribution in [0, 0.1) is 6.92 Å². The average molecular weight is 274 g/mol. The van der Waals surface area contributed by atoms with Crippen molar-refractivity contribution >= 4 is 11.8 Å². The predicted molar refractivity (Wildman–Crippen MR) is 76.5 cm³/mol. The van der Waals surface area contributed by atoms with E-state index in [-0.39, 0.29) is 5.69 Å². The van der Waals surface area contributed by atoms with Crippen LogP contribution in [0.2, 0.25) is 0 Å². The molecule has 0 bridgehead atoms. The summed E-state index contributed by atoms with van der Waals surface area (Å²) in [6.07, 6.45) is 1.99. The van der Waals surface area contributed by atoms with Gasteiger partial charge in [0.15, 0.2) is 5.82 Å². The number of anilines is 1. The minimum absolute atomic E-state index is 0.0540. The first-order chi connectivity index (χ1) is 9.63. The summed E-state index contributed by atoms with van der Waals surface area (Å²) in [5.74, 6) is -0.655. The summed E-state index contributed by atoms with van der Waals surface area (Å²) in [4.78, 5) is 11.2. The molecule has 0 aliphatic heterocycles. The van der Waals surface area contributed by atoms with Crippen LogP contribution in [0.1, 0.15) is 35.8 Å². The number of benzene rings is 1. The van der Waals surface area contributed by atoms with Crippen LogP contribution in [0.4, 0.5) is 5.82 Å². The molecule has 1 aromatic heterocycles. The summed E-state index contributed by atoms with van der Waals surface area (Å²) in [5.41, 5.74) is 1.86. The molecule has 0 unspecified atom stereocenters. The van der Waals surface area contributed by atoms with Crippen molar-refractivity contribution < 1.29 is 9.90 Å². The molecular formula is C14H18N4O2. The maximum Gasteiger partial charge on any atom is 0.360 e. The molecule has 2 aromatic rings. The van der Waals surface area contributed by atoms with Gasteiger partial charge in [-0.1, -0.05) is 36.3 Å². The molecule has 0 saturated carbocycles. The second-order valence-corrected chi connectivity index (χ2v) is 4.62. The highest BCUT2D eigenvalue weighted by Gasteiger charge is 2.19. The van der Waals surface area contributed by atoms with E-state index in [0.717, 1.165) is 24.1 Å². The van der Waals surface area contributed by atoms with Crippen molar-refractivity contribution in [3.63, 3.8) is 0 Å².